The lowest BCUT2D eigenvalue weighted by molar-refractivity contribution is -0.140. The van der Waals surface area contributed by atoms with Crippen molar-refractivity contribution >= 4 is 22.9 Å². The van der Waals surface area contributed by atoms with E-state index in [4.69, 9.17) is 0 Å². The molecular formula is C13H10F3N5OS. The number of halogens is 3. The van der Waals surface area contributed by atoms with Crippen molar-refractivity contribution in [1.82, 2.24) is 20.4 Å². The number of aromatic amines is 2. The molecule has 6 nitrogen and oxygen atoms in total. The van der Waals surface area contributed by atoms with Crippen molar-refractivity contribution in [2.45, 2.75) is 13.1 Å². The molecule has 0 aromatic carbocycles. The van der Waals surface area contributed by atoms with Gasteiger partial charge in [0.1, 0.15) is 0 Å². The van der Waals surface area contributed by atoms with Crippen LogP contribution in [0.3, 0.4) is 0 Å². The van der Waals surface area contributed by atoms with Gasteiger partial charge in [-0.1, -0.05) is 6.07 Å². The van der Waals surface area contributed by atoms with Crippen LogP contribution < -0.4 is 5.32 Å². The number of amides is 1. The first-order valence-electron chi connectivity index (χ1n) is 6.39. The summed E-state index contributed by atoms with van der Waals surface area (Å²) in [5.74, 6) is -0.751. The number of carbonyl (C=O) groups is 1. The van der Waals surface area contributed by atoms with E-state index in [1.807, 2.05) is 17.5 Å². The van der Waals surface area contributed by atoms with Gasteiger partial charge in [-0.25, -0.2) is 0 Å². The molecule has 0 aliphatic rings. The van der Waals surface area contributed by atoms with Gasteiger partial charge in [0.15, 0.2) is 11.4 Å². The quantitative estimate of drug-likeness (QED) is 0.682. The highest BCUT2D eigenvalue weighted by molar-refractivity contribution is 7.13. The molecule has 3 aromatic rings. The lowest BCUT2D eigenvalue weighted by Crippen LogP contribution is -2.17. The van der Waals surface area contributed by atoms with Gasteiger partial charge in [-0.3, -0.25) is 15.0 Å². The van der Waals surface area contributed by atoms with Gasteiger partial charge in [-0.2, -0.15) is 23.4 Å². The topological polar surface area (TPSA) is 86.5 Å². The zero-order chi connectivity index (χ0) is 16.6. The maximum Gasteiger partial charge on any atom is 0.437 e. The number of hydrogen-bond donors (Lipinski definition) is 3. The molecule has 3 aromatic heterocycles. The van der Waals surface area contributed by atoms with Gasteiger partial charge in [0.25, 0.3) is 5.91 Å². The number of carbonyl (C=O) groups excluding carboxylic acids is 1. The Hall–Kier alpha value is -2.62. The van der Waals surface area contributed by atoms with Crippen LogP contribution in [0.25, 0.3) is 10.6 Å². The zero-order valence-electron chi connectivity index (χ0n) is 11.7. The van der Waals surface area contributed by atoms with Gasteiger partial charge in [-0.15, -0.1) is 11.3 Å². The van der Waals surface area contributed by atoms with Crippen molar-refractivity contribution in [3.05, 3.63) is 40.7 Å². The van der Waals surface area contributed by atoms with Crippen LogP contribution in [0.4, 0.5) is 18.9 Å². The number of anilines is 1. The molecule has 0 radical (unpaired) electrons. The predicted octanol–water partition coefficient (Wildman–Crippen LogP) is 3.44. The van der Waals surface area contributed by atoms with Crippen molar-refractivity contribution in [2.24, 2.45) is 0 Å². The number of nitrogens with one attached hydrogen (secondary N) is 3. The van der Waals surface area contributed by atoms with Crippen LogP contribution in [0, 0.1) is 6.92 Å². The smallest absolute Gasteiger partial charge is 0.317 e. The van der Waals surface area contributed by atoms with Crippen molar-refractivity contribution in [2.75, 3.05) is 5.32 Å². The lowest BCUT2D eigenvalue weighted by Gasteiger charge is -2.07. The van der Waals surface area contributed by atoms with E-state index in [-0.39, 0.29) is 11.4 Å². The van der Waals surface area contributed by atoms with Gasteiger partial charge in [0.05, 0.1) is 22.0 Å². The van der Waals surface area contributed by atoms with Crippen molar-refractivity contribution in [3.8, 4) is 10.6 Å². The Bertz CT molecular complexity index is 834. The summed E-state index contributed by atoms with van der Waals surface area (Å²) < 4.78 is 38.6. The average Bonchev–Trinajstić information content (AvgIpc) is 3.17. The Morgan fingerprint density at radius 3 is 2.74 bits per heavy atom. The zero-order valence-corrected chi connectivity index (χ0v) is 12.5. The molecular weight excluding hydrogens is 331 g/mol. The summed E-state index contributed by atoms with van der Waals surface area (Å²) in [6.45, 7) is 1.39. The van der Waals surface area contributed by atoms with E-state index in [2.05, 4.69) is 25.7 Å². The summed E-state index contributed by atoms with van der Waals surface area (Å²) >= 11 is 1.45. The van der Waals surface area contributed by atoms with Gasteiger partial charge >= 0.3 is 6.18 Å². The summed E-state index contributed by atoms with van der Waals surface area (Å²) in [6, 6.07) is 5.15. The molecule has 0 saturated heterocycles. The Morgan fingerprint density at radius 1 is 1.30 bits per heavy atom. The van der Waals surface area contributed by atoms with Crippen molar-refractivity contribution < 1.29 is 18.0 Å². The van der Waals surface area contributed by atoms with Crippen LogP contribution in [0.15, 0.2) is 23.6 Å². The SMILES string of the molecule is Cc1[nH]nc(C(F)(F)F)c1NC(=O)c1cc(-c2cccs2)[nH]n1. The maximum absolute atomic E-state index is 12.9. The van der Waals surface area contributed by atoms with Crippen LogP contribution in [0.1, 0.15) is 21.9 Å². The Labute approximate surface area is 131 Å². The molecule has 0 atom stereocenters. The summed E-state index contributed by atoms with van der Waals surface area (Å²) in [6.07, 6.45) is -4.67. The first kappa shape index (κ1) is 15.3. The van der Waals surface area contributed by atoms with Crippen LogP contribution in [-0.2, 0) is 6.18 Å². The number of rotatable bonds is 3. The van der Waals surface area contributed by atoms with E-state index in [1.165, 1.54) is 24.3 Å². The molecule has 0 unspecified atom stereocenters. The second-order valence-corrected chi connectivity index (χ2v) is 5.62. The summed E-state index contributed by atoms with van der Waals surface area (Å²) in [7, 11) is 0. The predicted molar refractivity (Wildman–Crippen MR) is 78.2 cm³/mol. The van der Waals surface area contributed by atoms with E-state index < -0.39 is 23.5 Å². The highest BCUT2D eigenvalue weighted by Gasteiger charge is 2.38. The molecule has 1 amide bonds. The fraction of sp³-hybridized carbons (Fsp3) is 0.154. The second-order valence-electron chi connectivity index (χ2n) is 4.67. The third-order valence-electron chi connectivity index (χ3n) is 3.05. The lowest BCUT2D eigenvalue weighted by atomic mass is 10.2. The number of nitrogens with zero attached hydrogens (tertiary/aromatic N) is 2. The summed E-state index contributed by atoms with van der Waals surface area (Å²) in [5, 5.41) is 16.0. The standard InChI is InChI=1S/C13H10F3N5OS/c1-6-10(11(21-18-6)13(14,15)16)17-12(22)8-5-7(19-20-8)9-3-2-4-23-9/h2-5H,1H3,(H,17,22)(H,18,21)(H,19,20). The van der Waals surface area contributed by atoms with E-state index in [1.54, 1.807) is 0 Å². The van der Waals surface area contributed by atoms with Crippen molar-refractivity contribution in [3.63, 3.8) is 0 Å². The first-order valence-corrected chi connectivity index (χ1v) is 7.27. The van der Waals surface area contributed by atoms with Gasteiger partial charge in [0.2, 0.25) is 0 Å². The van der Waals surface area contributed by atoms with Gasteiger partial charge < -0.3 is 5.32 Å². The first-order chi connectivity index (χ1) is 10.9. The fourth-order valence-electron chi connectivity index (χ4n) is 1.96. The number of alkyl halides is 3. The Balaban J connectivity index is 1.85. The second kappa shape index (κ2) is 5.54. The normalized spacial score (nSPS) is 11.7. The monoisotopic (exact) mass is 341 g/mol. The summed E-state index contributed by atoms with van der Waals surface area (Å²) in [4.78, 5) is 13.0. The van der Waals surface area contributed by atoms with Crippen LogP contribution in [0.2, 0.25) is 0 Å². The molecule has 3 N–H and O–H groups in total. The average molecular weight is 341 g/mol. The maximum atomic E-state index is 12.9. The molecule has 23 heavy (non-hydrogen) atoms. The highest BCUT2D eigenvalue weighted by atomic mass is 32.1. The fourth-order valence-corrected chi connectivity index (χ4v) is 2.65. The molecule has 120 valence electrons. The molecule has 0 saturated carbocycles. The highest BCUT2D eigenvalue weighted by Crippen LogP contribution is 2.34. The number of thiophene rings is 1. The molecule has 3 heterocycles. The molecule has 0 aliphatic carbocycles. The molecule has 0 spiro atoms. The van der Waals surface area contributed by atoms with E-state index in [9.17, 15) is 18.0 Å². The molecule has 0 fully saturated rings. The van der Waals surface area contributed by atoms with Crippen molar-refractivity contribution in [1.29, 1.82) is 0 Å². The Kier molecular flexibility index (Phi) is 3.68. The number of aryl methyl sites for hydroxylation is 1. The van der Waals surface area contributed by atoms with E-state index >= 15 is 0 Å². The molecule has 0 aliphatic heterocycles. The summed E-state index contributed by atoms with van der Waals surface area (Å²) in [5.41, 5.74) is -0.854. The van der Waals surface area contributed by atoms with Crippen LogP contribution in [0.5, 0.6) is 0 Å². The third kappa shape index (κ3) is 2.97. The van der Waals surface area contributed by atoms with Gasteiger partial charge in [-0.05, 0) is 24.4 Å². The number of aromatic nitrogens is 4. The van der Waals surface area contributed by atoms with E-state index in [0.29, 0.717) is 5.69 Å². The molecule has 10 heteroatoms. The molecule has 0 bridgehead atoms. The number of hydrogen-bond acceptors (Lipinski definition) is 4. The van der Waals surface area contributed by atoms with E-state index in [0.717, 1.165) is 4.88 Å². The minimum Gasteiger partial charge on any atom is -0.317 e. The van der Waals surface area contributed by atoms with Gasteiger partial charge in [0, 0.05) is 0 Å². The minimum absolute atomic E-state index is 0.0119. The van der Waals surface area contributed by atoms with Crippen LogP contribution >= 0.6 is 11.3 Å². The Morgan fingerprint density at radius 2 is 2.09 bits per heavy atom. The van der Waals surface area contributed by atoms with Crippen LogP contribution in [-0.4, -0.2) is 26.3 Å². The largest absolute Gasteiger partial charge is 0.437 e. The third-order valence-corrected chi connectivity index (χ3v) is 3.95. The number of H-pyrrole nitrogens is 2. The minimum atomic E-state index is -4.67. The molecule has 3 rings (SSSR count).